The predicted molar refractivity (Wildman–Crippen MR) is 275 cm³/mol. The minimum Gasteiger partial charge on any atom is -0.456 e. The lowest BCUT2D eigenvalue weighted by Gasteiger charge is -2.51. The van der Waals surface area contributed by atoms with Crippen LogP contribution in [0.15, 0.2) is 127 Å². The van der Waals surface area contributed by atoms with E-state index in [0.29, 0.717) is 29.4 Å². The standard InChI is InChI=1S/C61H71NO6/c1-14-62(44-29-32-49-53(35-44)67-52-33-28-41-21-15-16-23-46(41)54(52)61(49)48-25-18-17-24-47(48)55(63)68-61)38-40-20-19-22-43(34-40)50(58(7,8)9)37-59(10,11)60(12,13)51(36-57(4,5)6)42-26-30-45(31-27-42)66-56(64)65-39(2)3/h15-35,39,50-51H,14,36-38H2,1-13H3. The fourth-order valence-corrected chi connectivity index (χ4v) is 10.8. The van der Waals surface area contributed by atoms with Crippen LogP contribution in [0.3, 0.4) is 0 Å². The van der Waals surface area contributed by atoms with Gasteiger partial charge in [0.25, 0.3) is 0 Å². The van der Waals surface area contributed by atoms with Crippen molar-refractivity contribution in [2.45, 2.75) is 133 Å². The lowest BCUT2D eigenvalue weighted by Crippen LogP contribution is -2.41. The van der Waals surface area contributed by atoms with E-state index >= 15 is 0 Å². The van der Waals surface area contributed by atoms with Gasteiger partial charge in [-0.25, -0.2) is 9.59 Å². The van der Waals surface area contributed by atoms with Crippen molar-refractivity contribution in [2.75, 3.05) is 11.4 Å². The van der Waals surface area contributed by atoms with Gasteiger partial charge in [0.05, 0.1) is 17.2 Å². The molecule has 0 saturated carbocycles. The molecule has 3 unspecified atom stereocenters. The molecule has 0 fully saturated rings. The minimum atomic E-state index is -1.15. The van der Waals surface area contributed by atoms with Gasteiger partial charge < -0.3 is 23.8 Å². The highest BCUT2D eigenvalue weighted by molar-refractivity contribution is 6.00. The Bertz CT molecular complexity index is 2820. The van der Waals surface area contributed by atoms with Crippen LogP contribution in [0.25, 0.3) is 10.8 Å². The summed E-state index contributed by atoms with van der Waals surface area (Å²) in [6.07, 6.45) is 1.05. The van der Waals surface area contributed by atoms with E-state index in [0.717, 1.165) is 52.5 Å². The summed E-state index contributed by atoms with van der Waals surface area (Å²) in [6.45, 7) is 31.2. The van der Waals surface area contributed by atoms with Crippen LogP contribution in [-0.2, 0) is 21.6 Å². The molecule has 7 nitrogen and oxygen atoms in total. The van der Waals surface area contributed by atoms with Crippen molar-refractivity contribution in [1.29, 1.82) is 0 Å². The van der Waals surface area contributed by atoms with Crippen molar-refractivity contribution in [2.24, 2.45) is 21.7 Å². The van der Waals surface area contributed by atoms with Crippen LogP contribution >= 0.6 is 0 Å². The monoisotopic (exact) mass is 914 g/mol. The van der Waals surface area contributed by atoms with Gasteiger partial charge in [-0.2, -0.15) is 0 Å². The van der Waals surface area contributed by atoms with E-state index in [1.54, 1.807) is 0 Å². The molecule has 0 saturated heterocycles. The molecule has 8 rings (SSSR count). The van der Waals surface area contributed by atoms with Crippen molar-refractivity contribution in [3.05, 3.63) is 166 Å². The summed E-state index contributed by atoms with van der Waals surface area (Å²) in [5, 5.41) is 2.05. The summed E-state index contributed by atoms with van der Waals surface area (Å²) in [4.78, 5) is 28.4. The number of rotatable bonds is 13. The first kappa shape index (κ1) is 48.4. The Labute approximate surface area is 405 Å². The number of hydrogen-bond donors (Lipinski definition) is 0. The Morgan fingerprint density at radius 1 is 0.691 bits per heavy atom. The molecule has 0 aliphatic carbocycles. The molecule has 1 spiro atoms. The van der Waals surface area contributed by atoms with Gasteiger partial charge in [0.1, 0.15) is 17.2 Å². The number of carbonyl (C=O) groups is 2. The van der Waals surface area contributed by atoms with Gasteiger partial charge in [-0.05, 0) is 131 Å². The maximum absolute atomic E-state index is 13.7. The number of ether oxygens (including phenoxy) is 4. The third kappa shape index (κ3) is 9.26. The summed E-state index contributed by atoms with van der Waals surface area (Å²) in [7, 11) is 0. The molecule has 6 aromatic rings. The summed E-state index contributed by atoms with van der Waals surface area (Å²) in [6, 6.07) is 43.7. The highest BCUT2D eigenvalue weighted by atomic mass is 16.7. The molecular weight excluding hydrogens is 843 g/mol. The molecule has 0 bridgehead atoms. The van der Waals surface area contributed by atoms with Gasteiger partial charge in [-0.15, -0.1) is 0 Å². The normalized spacial score (nSPS) is 16.6. The second kappa shape index (κ2) is 18.1. The molecule has 7 heteroatoms. The van der Waals surface area contributed by atoms with Gasteiger partial charge in [-0.1, -0.05) is 154 Å². The maximum atomic E-state index is 13.7. The predicted octanol–water partition coefficient (Wildman–Crippen LogP) is 16.2. The number of anilines is 1. The summed E-state index contributed by atoms with van der Waals surface area (Å²) in [5.41, 5.74) is 6.64. The number of fused-ring (bicyclic) bond motifs is 8. The first-order chi connectivity index (χ1) is 32.0. The van der Waals surface area contributed by atoms with Crippen LogP contribution in [0.2, 0.25) is 0 Å². The number of esters is 1. The van der Waals surface area contributed by atoms with E-state index in [4.69, 9.17) is 18.9 Å². The van der Waals surface area contributed by atoms with Crippen molar-refractivity contribution in [3.63, 3.8) is 0 Å². The second-order valence-electron chi connectivity index (χ2n) is 23.0. The third-order valence-corrected chi connectivity index (χ3v) is 15.1. The van der Waals surface area contributed by atoms with E-state index in [-0.39, 0.29) is 45.6 Å². The molecule has 356 valence electrons. The zero-order valence-electron chi connectivity index (χ0n) is 42.6. The molecule has 0 N–H and O–H groups in total. The van der Waals surface area contributed by atoms with E-state index in [2.05, 4.69) is 154 Å². The van der Waals surface area contributed by atoms with Gasteiger partial charge in [0, 0.05) is 36.0 Å². The number of nitrogens with zero attached hydrogens (tertiary/aromatic N) is 1. The fraction of sp³-hybridized carbons (Fsp3) is 0.410. The minimum absolute atomic E-state index is 0.0186. The average molecular weight is 914 g/mol. The van der Waals surface area contributed by atoms with Crippen molar-refractivity contribution in [1.82, 2.24) is 0 Å². The smallest absolute Gasteiger partial charge is 0.456 e. The molecule has 0 radical (unpaired) electrons. The first-order valence-electron chi connectivity index (χ1n) is 24.5. The van der Waals surface area contributed by atoms with Gasteiger partial charge in [0.2, 0.25) is 0 Å². The van der Waals surface area contributed by atoms with Crippen molar-refractivity contribution >= 4 is 28.6 Å². The Hall–Kier alpha value is -6.08. The van der Waals surface area contributed by atoms with Crippen molar-refractivity contribution in [3.8, 4) is 17.2 Å². The number of hydrogen-bond acceptors (Lipinski definition) is 7. The van der Waals surface area contributed by atoms with Crippen molar-refractivity contribution < 1.29 is 28.5 Å². The van der Waals surface area contributed by atoms with E-state index in [1.165, 1.54) is 16.7 Å². The molecule has 2 heterocycles. The molecular formula is C61H71NO6. The SMILES string of the molecule is CCN(Cc1cccc(C(CC(C)(C)C(C)(C)C(CC(C)(C)C)c2ccc(OC(=O)OC(C)C)cc2)C(C)(C)C)c1)c1ccc2c(c1)Oc1ccc3ccccc3c1C21OC(=O)c2ccccc21. The molecule has 2 aliphatic heterocycles. The average Bonchev–Trinajstić information content (AvgIpc) is 3.57. The van der Waals surface area contributed by atoms with Gasteiger partial charge >= 0.3 is 12.1 Å². The van der Waals surface area contributed by atoms with E-state index in [9.17, 15) is 9.59 Å². The molecule has 6 aromatic carbocycles. The van der Waals surface area contributed by atoms with Crippen LogP contribution in [0.4, 0.5) is 10.5 Å². The number of benzene rings is 6. The molecule has 0 amide bonds. The number of carbonyl (C=O) groups excluding carboxylic acids is 2. The van der Waals surface area contributed by atoms with Crippen LogP contribution in [0.5, 0.6) is 17.2 Å². The Morgan fingerprint density at radius 2 is 1.40 bits per heavy atom. The van der Waals surface area contributed by atoms with Crippen LogP contribution in [-0.4, -0.2) is 24.8 Å². The quantitative estimate of drug-likeness (QED) is 0.0844. The molecule has 68 heavy (non-hydrogen) atoms. The first-order valence-corrected chi connectivity index (χ1v) is 24.5. The molecule has 3 atom stereocenters. The third-order valence-electron chi connectivity index (χ3n) is 15.1. The van der Waals surface area contributed by atoms with Crippen LogP contribution in [0, 0.1) is 21.7 Å². The van der Waals surface area contributed by atoms with Crippen LogP contribution < -0.4 is 14.4 Å². The highest BCUT2D eigenvalue weighted by Gasteiger charge is 2.54. The van der Waals surface area contributed by atoms with E-state index < -0.39 is 11.8 Å². The zero-order valence-corrected chi connectivity index (χ0v) is 42.6. The Morgan fingerprint density at radius 3 is 2.09 bits per heavy atom. The fourth-order valence-electron chi connectivity index (χ4n) is 10.8. The van der Waals surface area contributed by atoms with Gasteiger partial charge in [0.15, 0.2) is 5.60 Å². The maximum Gasteiger partial charge on any atom is 0.514 e. The Kier molecular flexibility index (Phi) is 12.9. The topological polar surface area (TPSA) is 74.3 Å². The lowest BCUT2D eigenvalue weighted by atomic mass is 9.53. The summed E-state index contributed by atoms with van der Waals surface area (Å²) >= 11 is 0. The Balaban J connectivity index is 1.08. The second-order valence-corrected chi connectivity index (χ2v) is 23.0. The largest absolute Gasteiger partial charge is 0.514 e. The lowest BCUT2D eigenvalue weighted by molar-refractivity contribution is 0.0229. The summed E-state index contributed by atoms with van der Waals surface area (Å²) < 4.78 is 24.2. The van der Waals surface area contributed by atoms with E-state index in [1.807, 2.05) is 68.4 Å². The zero-order chi connectivity index (χ0) is 49.0. The molecule has 0 aromatic heterocycles. The van der Waals surface area contributed by atoms with Crippen LogP contribution in [0.1, 0.15) is 158 Å². The van der Waals surface area contributed by atoms with Gasteiger partial charge in [-0.3, -0.25) is 0 Å². The highest BCUT2D eigenvalue weighted by Crippen LogP contribution is 2.60. The molecule has 2 aliphatic rings. The summed E-state index contributed by atoms with van der Waals surface area (Å²) in [5.74, 6) is 2.02.